The average molecular weight is 294 g/mol. The zero-order valence-electron chi connectivity index (χ0n) is 12.9. The van der Waals surface area contributed by atoms with Crippen LogP contribution >= 0.6 is 0 Å². The molecule has 0 radical (unpaired) electrons. The Hall–Kier alpha value is -1.88. The van der Waals surface area contributed by atoms with Crippen LogP contribution in [0.5, 0.6) is 0 Å². The number of carbonyl (C=O) groups is 2. The molecule has 1 heterocycles. The van der Waals surface area contributed by atoms with Gasteiger partial charge >= 0.3 is 5.97 Å². The third-order valence-electron chi connectivity index (χ3n) is 3.07. The summed E-state index contributed by atoms with van der Waals surface area (Å²) >= 11 is 0. The van der Waals surface area contributed by atoms with Gasteiger partial charge in [0.05, 0.1) is 13.2 Å². The second-order valence-corrected chi connectivity index (χ2v) is 5.06. The van der Waals surface area contributed by atoms with Crippen molar-refractivity contribution in [2.24, 2.45) is 0 Å². The average Bonchev–Trinajstić information content (AvgIpc) is 2.67. The maximum absolute atomic E-state index is 12.4. The van der Waals surface area contributed by atoms with Crippen LogP contribution in [0.2, 0.25) is 0 Å². The monoisotopic (exact) mass is 294 g/mol. The summed E-state index contributed by atoms with van der Waals surface area (Å²) in [5, 5.41) is 9.13. The molecule has 0 fully saturated rings. The Morgan fingerprint density at radius 3 is 2.67 bits per heavy atom. The molecular weight excluding hydrogens is 272 g/mol. The molecule has 0 saturated carbocycles. The van der Waals surface area contributed by atoms with Crippen LogP contribution in [0.15, 0.2) is 35.6 Å². The summed E-state index contributed by atoms with van der Waals surface area (Å²) in [6.45, 7) is 5.17. The lowest BCUT2D eigenvalue weighted by Crippen LogP contribution is -2.32. The molecule has 0 saturated heterocycles. The van der Waals surface area contributed by atoms with Crippen LogP contribution in [0.25, 0.3) is 0 Å². The molecule has 5 nitrogen and oxygen atoms in total. The van der Waals surface area contributed by atoms with Gasteiger partial charge in [-0.2, -0.15) is 0 Å². The number of Topliss-reactive ketones (excluding diaryl/α,β-unsaturated/α-hetero) is 1. The number of hydrogen-bond acceptors (Lipinski definition) is 5. The van der Waals surface area contributed by atoms with Crippen LogP contribution in [0.3, 0.4) is 0 Å². The van der Waals surface area contributed by atoms with Crippen molar-refractivity contribution in [2.75, 3.05) is 7.11 Å². The quantitative estimate of drug-likeness (QED) is 0.461. The molecule has 2 atom stereocenters. The molecule has 1 aliphatic rings. The van der Waals surface area contributed by atoms with Gasteiger partial charge < -0.3 is 14.6 Å². The fourth-order valence-corrected chi connectivity index (χ4v) is 2.01. The van der Waals surface area contributed by atoms with E-state index in [1.54, 1.807) is 38.2 Å². The zero-order valence-corrected chi connectivity index (χ0v) is 12.9. The molecule has 0 aliphatic carbocycles. The normalized spacial score (nSPS) is 24.0. The number of allylic oxidation sites excluding steroid dienone is 3. The van der Waals surface area contributed by atoms with Crippen molar-refractivity contribution in [3.63, 3.8) is 0 Å². The van der Waals surface area contributed by atoms with E-state index in [1.165, 1.54) is 7.11 Å². The number of aliphatic hydroxyl groups is 1. The number of hydrogen-bond donors (Lipinski definition) is 1. The second kappa shape index (κ2) is 7.22. The summed E-state index contributed by atoms with van der Waals surface area (Å²) in [6, 6.07) is 0. The summed E-state index contributed by atoms with van der Waals surface area (Å²) in [6.07, 6.45) is 7.08. The van der Waals surface area contributed by atoms with E-state index in [0.29, 0.717) is 12.2 Å². The summed E-state index contributed by atoms with van der Waals surface area (Å²) in [4.78, 5) is 24.2. The Balaban J connectivity index is 3.00. The zero-order chi connectivity index (χ0) is 16.0. The number of rotatable bonds is 6. The first-order valence-electron chi connectivity index (χ1n) is 6.95. The Kier molecular flexibility index (Phi) is 5.90. The topological polar surface area (TPSA) is 72.8 Å². The molecule has 21 heavy (non-hydrogen) atoms. The minimum absolute atomic E-state index is 0.00833. The van der Waals surface area contributed by atoms with Crippen LogP contribution in [0, 0.1) is 0 Å². The lowest BCUT2D eigenvalue weighted by atomic mass is 9.96. The summed E-state index contributed by atoms with van der Waals surface area (Å²) in [5.41, 5.74) is -1.22. The van der Waals surface area contributed by atoms with Crippen LogP contribution in [0.4, 0.5) is 0 Å². The van der Waals surface area contributed by atoms with Crippen molar-refractivity contribution in [3.8, 4) is 0 Å². The first-order valence-corrected chi connectivity index (χ1v) is 6.95. The summed E-state index contributed by atoms with van der Waals surface area (Å²) < 4.78 is 10.4. The van der Waals surface area contributed by atoms with Crippen LogP contribution in [-0.4, -0.2) is 35.7 Å². The van der Waals surface area contributed by atoms with Crippen molar-refractivity contribution in [1.82, 2.24) is 0 Å². The molecule has 5 heteroatoms. The number of ketones is 1. The summed E-state index contributed by atoms with van der Waals surface area (Å²) in [5.74, 6) is -0.694. The number of carbonyl (C=O) groups excluding carboxylic acids is 2. The highest BCUT2D eigenvalue weighted by Gasteiger charge is 2.46. The molecule has 0 bridgehead atoms. The van der Waals surface area contributed by atoms with Gasteiger partial charge in [0.15, 0.2) is 5.60 Å². The largest absolute Gasteiger partial charge is 0.479 e. The fraction of sp³-hybridized carbons (Fsp3) is 0.500. The first kappa shape index (κ1) is 17.2. The van der Waals surface area contributed by atoms with E-state index in [1.807, 2.05) is 6.92 Å². The summed E-state index contributed by atoms with van der Waals surface area (Å²) in [7, 11) is 1.24. The third-order valence-corrected chi connectivity index (χ3v) is 3.07. The molecule has 0 aromatic rings. The molecule has 116 valence electrons. The molecule has 0 spiro atoms. The van der Waals surface area contributed by atoms with Gasteiger partial charge in [0, 0.05) is 6.42 Å². The van der Waals surface area contributed by atoms with Gasteiger partial charge in [-0.3, -0.25) is 4.79 Å². The highest BCUT2D eigenvalue weighted by molar-refractivity contribution is 6.22. The third kappa shape index (κ3) is 4.04. The predicted octanol–water partition coefficient (Wildman–Crippen LogP) is 2.06. The molecule has 0 aromatic heterocycles. The first-order chi connectivity index (χ1) is 9.85. The number of ether oxygens (including phenoxy) is 2. The minimum atomic E-state index is -1.21. The number of aliphatic hydroxyl groups excluding tert-OH is 1. The molecule has 1 N–H and O–H groups in total. The van der Waals surface area contributed by atoms with E-state index in [2.05, 4.69) is 4.74 Å². The van der Waals surface area contributed by atoms with E-state index in [4.69, 9.17) is 9.84 Å². The molecule has 0 amide bonds. The van der Waals surface area contributed by atoms with Gasteiger partial charge in [-0.25, -0.2) is 4.79 Å². The molecule has 1 rings (SSSR count). The lowest BCUT2D eigenvalue weighted by Gasteiger charge is -2.19. The Morgan fingerprint density at radius 1 is 1.48 bits per heavy atom. The Bertz CT molecular complexity index is 499. The van der Waals surface area contributed by atoms with E-state index in [-0.39, 0.29) is 5.57 Å². The SMILES string of the molecule is CCCC1=C(C(=O)OC)C(=O)[C@@](C)(/C=C/C=C/[C@H](C)O)O1. The minimum Gasteiger partial charge on any atom is -0.479 e. The van der Waals surface area contributed by atoms with Gasteiger partial charge in [-0.1, -0.05) is 25.2 Å². The van der Waals surface area contributed by atoms with Crippen molar-refractivity contribution in [2.45, 2.75) is 45.3 Å². The van der Waals surface area contributed by atoms with Crippen LogP contribution < -0.4 is 0 Å². The molecule has 0 unspecified atom stereocenters. The predicted molar refractivity (Wildman–Crippen MR) is 78.4 cm³/mol. The Labute approximate surface area is 124 Å². The maximum atomic E-state index is 12.4. The van der Waals surface area contributed by atoms with Crippen molar-refractivity contribution in [1.29, 1.82) is 0 Å². The van der Waals surface area contributed by atoms with Gasteiger partial charge in [0.25, 0.3) is 0 Å². The van der Waals surface area contributed by atoms with Crippen LogP contribution in [0.1, 0.15) is 33.6 Å². The van der Waals surface area contributed by atoms with Gasteiger partial charge in [0.1, 0.15) is 11.3 Å². The maximum Gasteiger partial charge on any atom is 0.345 e. The van der Waals surface area contributed by atoms with E-state index < -0.39 is 23.5 Å². The molecular formula is C16H22O5. The second-order valence-electron chi connectivity index (χ2n) is 5.06. The smallest absolute Gasteiger partial charge is 0.345 e. The fourth-order valence-electron chi connectivity index (χ4n) is 2.01. The van der Waals surface area contributed by atoms with Crippen molar-refractivity contribution >= 4 is 11.8 Å². The Morgan fingerprint density at radius 2 is 2.14 bits per heavy atom. The highest BCUT2D eigenvalue weighted by atomic mass is 16.5. The lowest BCUT2D eigenvalue weighted by molar-refractivity contribution is -0.138. The highest BCUT2D eigenvalue weighted by Crippen LogP contribution is 2.34. The van der Waals surface area contributed by atoms with E-state index in [9.17, 15) is 9.59 Å². The standard InChI is InChI=1S/C16H22O5/c1-5-8-12-13(15(19)20-4)14(18)16(3,21-12)10-7-6-9-11(2)17/h6-7,9-11,17H,5,8H2,1-4H3/b9-6+,10-7+/t11-,16+/m0/s1. The number of esters is 1. The van der Waals surface area contributed by atoms with E-state index >= 15 is 0 Å². The van der Waals surface area contributed by atoms with Gasteiger partial charge in [-0.05, 0) is 26.3 Å². The van der Waals surface area contributed by atoms with Crippen molar-refractivity contribution in [3.05, 3.63) is 35.6 Å². The van der Waals surface area contributed by atoms with Gasteiger partial charge in [-0.15, -0.1) is 0 Å². The molecule has 0 aromatic carbocycles. The van der Waals surface area contributed by atoms with E-state index in [0.717, 1.165) is 6.42 Å². The van der Waals surface area contributed by atoms with Crippen LogP contribution in [-0.2, 0) is 19.1 Å². The van der Waals surface area contributed by atoms with Gasteiger partial charge in [0.2, 0.25) is 5.78 Å². The molecule has 1 aliphatic heterocycles. The number of methoxy groups -OCH3 is 1. The van der Waals surface area contributed by atoms with Crippen molar-refractivity contribution < 1.29 is 24.2 Å².